The van der Waals surface area contributed by atoms with Crippen molar-refractivity contribution in [2.24, 2.45) is 17.3 Å². The molecular formula is C20H20O7. The molecule has 0 bridgehead atoms. The molecule has 27 heavy (non-hydrogen) atoms. The topological polar surface area (TPSA) is 96.0 Å². The normalized spacial score (nSPS) is 37.2. The van der Waals surface area contributed by atoms with Crippen molar-refractivity contribution in [1.29, 1.82) is 0 Å². The van der Waals surface area contributed by atoms with E-state index in [1.807, 2.05) is 0 Å². The fourth-order valence-electron chi connectivity index (χ4n) is 4.13. The minimum atomic E-state index is -1.38. The van der Waals surface area contributed by atoms with Crippen LogP contribution in [0.1, 0.15) is 13.8 Å². The van der Waals surface area contributed by atoms with Crippen LogP contribution >= 0.6 is 0 Å². The van der Waals surface area contributed by atoms with Gasteiger partial charge in [0.25, 0.3) is 0 Å². The molecule has 3 aliphatic rings. The molecule has 1 aliphatic carbocycles. The molecule has 3 fully saturated rings. The first-order chi connectivity index (χ1) is 12.7. The molecule has 3 rings (SSSR count). The van der Waals surface area contributed by atoms with Crippen LogP contribution in [0, 0.1) is 17.3 Å². The summed E-state index contributed by atoms with van der Waals surface area (Å²) in [4.78, 5) is 48.4. The zero-order chi connectivity index (χ0) is 20.1. The van der Waals surface area contributed by atoms with E-state index in [1.54, 1.807) is 19.9 Å². The second-order valence-corrected chi connectivity index (χ2v) is 6.90. The average molecular weight is 372 g/mol. The lowest BCUT2D eigenvalue weighted by atomic mass is 9.54. The Kier molecular flexibility index (Phi) is 4.41. The first-order valence-corrected chi connectivity index (χ1v) is 8.46. The number of rotatable bonds is 5. The molecule has 1 saturated carbocycles. The summed E-state index contributed by atoms with van der Waals surface area (Å²) in [6.07, 6.45) is 0.595. The van der Waals surface area contributed by atoms with Crippen LogP contribution in [0.25, 0.3) is 0 Å². The fraction of sp³-hybridized carbons (Fsp3) is 0.400. The molecule has 0 unspecified atom stereocenters. The van der Waals surface area contributed by atoms with Gasteiger partial charge in [0.2, 0.25) is 0 Å². The highest BCUT2D eigenvalue weighted by atomic mass is 16.6. The molecule has 2 saturated heterocycles. The minimum absolute atomic E-state index is 0.0726. The first kappa shape index (κ1) is 18.8. The fourth-order valence-corrected chi connectivity index (χ4v) is 4.13. The average Bonchev–Trinajstić information content (AvgIpc) is 2.94. The summed E-state index contributed by atoms with van der Waals surface area (Å²) in [6.45, 7) is 14.5. The van der Waals surface area contributed by atoms with Crippen LogP contribution in [0.2, 0.25) is 0 Å². The lowest BCUT2D eigenvalue weighted by molar-refractivity contribution is -0.253. The number of fused-ring (bicyclic) bond motifs is 2. The van der Waals surface area contributed by atoms with E-state index in [0.717, 1.165) is 0 Å². The van der Waals surface area contributed by atoms with Crippen LogP contribution in [-0.4, -0.2) is 42.5 Å². The molecule has 0 spiro atoms. The van der Waals surface area contributed by atoms with Crippen molar-refractivity contribution < 1.29 is 33.4 Å². The van der Waals surface area contributed by atoms with Crippen LogP contribution in [-0.2, 0) is 33.4 Å². The Morgan fingerprint density at radius 2 is 1.96 bits per heavy atom. The number of hydrogen-bond acceptors (Lipinski definition) is 7. The molecule has 7 nitrogen and oxygen atoms in total. The predicted octanol–water partition coefficient (Wildman–Crippen LogP) is 1.44. The van der Waals surface area contributed by atoms with Crippen LogP contribution in [0.4, 0.5) is 0 Å². The lowest BCUT2D eigenvalue weighted by Gasteiger charge is -2.57. The third-order valence-corrected chi connectivity index (χ3v) is 5.70. The van der Waals surface area contributed by atoms with Crippen molar-refractivity contribution in [2.75, 3.05) is 0 Å². The maximum absolute atomic E-state index is 12.5. The quantitative estimate of drug-likeness (QED) is 0.237. The molecular weight excluding hydrogens is 352 g/mol. The summed E-state index contributed by atoms with van der Waals surface area (Å²) in [5.41, 5.74) is -0.848. The Morgan fingerprint density at radius 3 is 2.48 bits per heavy atom. The maximum Gasteiger partial charge on any atom is 0.334 e. The molecule has 0 N–H and O–H groups in total. The highest BCUT2D eigenvalue weighted by molar-refractivity contribution is 5.95. The monoisotopic (exact) mass is 372 g/mol. The number of ether oxygens (including phenoxy) is 3. The smallest absolute Gasteiger partial charge is 0.334 e. The van der Waals surface area contributed by atoms with E-state index in [0.29, 0.717) is 11.9 Å². The molecule has 7 heteroatoms. The van der Waals surface area contributed by atoms with Crippen LogP contribution in [0.5, 0.6) is 0 Å². The van der Waals surface area contributed by atoms with Crippen molar-refractivity contribution in [1.82, 2.24) is 0 Å². The van der Waals surface area contributed by atoms with Gasteiger partial charge >= 0.3 is 17.9 Å². The zero-order valence-corrected chi connectivity index (χ0v) is 15.1. The molecule has 0 aromatic rings. The van der Waals surface area contributed by atoms with Crippen molar-refractivity contribution in [3.63, 3.8) is 0 Å². The van der Waals surface area contributed by atoms with E-state index in [4.69, 9.17) is 14.2 Å². The van der Waals surface area contributed by atoms with Gasteiger partial charge in [0.15, 0.2) is 12.2 Å². The van der Waals surface area contributed by atoms with Gasteiger partial charge in [-0.3, -0.25) is 9.59 Å². The molecule has 0 aromatic carbocycles. The molecule has 2 heterocycles. The number of esters is 3. The standard InChI is InChI=1S/C20H20O7/c1-6-9(3)17(22)26-15-12-11(5)18(23)25-14(12)13(10(4)8-21)20(7-2)16(15)27-19(20)24/h6-8,12-16H,2,4-5H2,1,3H3/b9-6+/t12-,13+,14-,15-,16+,20+/m0/s1. The van der Waals surface area contributed by atoms with Gasteiger partial charge in [0, 0.05) is 17.1 Å². The van der Waals surface area contributed by atoms with E-state index in [1.165, 1.54) is 6.08 Å². The third kappa shape index (κ3) is 2.34. The Morgan fingerprint density at radius 1 is 1.30 bits per heavy atom. The number of carbonyl (C=O) groups is 4. The third-order valence-electron chi connectivity index (χ3n) is 5.70. The first-order valence-electron chi connectivity index (χ1n) is 8.46. The number of hydrogen-bond donors (Lipinski definition) is 0. The highest BCUT2D eigenvalue weighted by Gasteiger charge is 2.74. The largest absolute Gasteiger partial charge is 0.457 e. The second kappa shape index (κ2) is 6.33. The Labute approximate surface area is 156 Å². The Bertz CT molecular complexity index is 820. The summed E-state index contributed by atoms with van der Waals surface area (Å²) in [6, 6.07) is 0. The van der Waals surface area contributed by atoms with E-state index in [-0.39, 0.29) is 11.1 Å². The van der Waals surface area contributed by atoms with Gasteiger partial charge in [-0.1, -0.05) is 25.3 Å². The maximum atomic E-state index is 12.5. The number of aldehydes is 1. The molecule has 0 radical (unpaired) electrons. The Balaban J connectivity index is 2.12. The van der Waals surface area contributed by atoms with E-state index in [9.17, 15) is 19.2 Å². The molecule has 2 aliphatic heterocycles. The van der Waals surface area contributed by atoms with Crippen LogP contribution < -0.4 is 0 Å². The molecule has 0 aromatic heterocycles. The van der Waals surface area contributed by atoms with E-state index in [2.05, 4.69) is 19.7 Å². The van der Waals surface area contributed by atoms with Gasteiger partial charge in [0.1, 0.15) is 17.8 Å². The van der Waals surface area contributed by atoms with Crippen molar-refractivity contribution in [3.8, 4) is 0 Å². The van der Waals surface area contributed by atoms with Crippen molar-refractivity contribution >= 4 is 24.2 Å². The number of carbonyl (C=O) groups excluding carboxylic acids is 4. The summed E-state index contributed by atoms with van der Waals surface area (Å²) >= 11 is 0. The minimum Gasteiger partial charge on any atom is -0.457 e. The molecule has 0 amide bonds. The van der Waals surface area contributed by atoms with Gasteiger partial charge in [-0.2, -0.15) is 0 Å². The van der Waals surface area contributed by atoms with Crippen molar-refractivity contribution in [2.45, 2.75) is 32.2 Å². The summed E-state index contributed by atoms with van der Waals surface area (Å²) in [5.74, 6) is -3.55. The Hall–Kier alpha value is -2.96. The van der Waals surface area contributed by atoms with E-state index < -0.39 is 53.5 Å². The SMILES string of the molecule is C=C[C@]12C(=O)O[C@@H]1[C@@H](OC(=O)/C(C)=C/C)[C@H]1C(=C)C(=O)O[C@@H]1[C@H]2C(=C)C=O. The van der Waals surface area contributed by atoms with Crippen LogP contribution in [0.3, 0.4) is 0 Å². The molecule has 142 valence electrons. The predicted molar refractivity (Wildman–Crippen MR) is 93.0 cm³/mol. The molecule has 6 atom stereocenters. The van der Waals surface area contributed by atoms with E-state index >= 15 is 0 Å². The zero-order valence-electron chi connectivity index (χ0n) is 15.1. The van der Waals surface area contributed by atoms with Crippen molar-refractivity contribution in [3.05, 3.63) is 48.6 Å². The van der Waals surface area contributed by atoms with Gasteiger partial charge in [0.05, 0.1) is 5.92 Å². The highest BCUT2D eigenvalue weighted by Crippen LogP contribution is 2.59. The van der Waals surface area contributed by atoms with Gasteiger partial charge in [-0.25, -0.2) is 9.59 Å². The lowest BCUT2D eigenvalue weighted by Crippen LogP contribution is -2.72. The summed E-state index contributed by atoms with van der Waals surface area (Å²) in [7, 11) is 0. The summed E-state index contributed by atoms with van der Waals surface area (Å²) in [5, 5.41) is 0. The second-order valence-electron chi connectivity index (χ2n) is 6.90. The number of allylic oxidation sites excluding steroid dienone is 1. The van der Waals surface area contributed by atoms with Gasteiger partial charge in [-0.05, 0) is 19.4 Å². The van der Waals surface area contributed by atoms with Gasteiger partial charge < -0.3 is 14.2 Å². The van der Waals surface area contributed by atoms with Crippen LogP contribution in [0.15, 0.2) is 48.6 Å². The van der Waals surface area contributed by atoms with Gasteiger partial charge in [-0.15, -0.1) is 6.58 Å². The summed E-state index contributed by atoms with van der Waals surface area (Å²) < 4.78 is 16.3.